The smallest absolute Gasteiger partial charge is 0.347 e. The van der Waals surface area contributed by atoms with Gasteiger partial charge in [0.25, 0.3) is 5.91 Å². The van der Waals surface area contributed by atoms with Crippen LogP contribution in [0.25, 0.3) is 5.65 Å². The molecule has 3 aromatic rings. The highest BCUT2D eigenvalue weighted by Crippen LogP contribution is 2.17. The number of benzene rings is 1. The largest absolute Gasteiger partial charge is 0.449 e. The van der Waals surface area contributed by atoms with E-state index >= 15 is 0 Å². The fourth-order valence-electron chi connectivity index (χ4n) is 2.72. The van der Waals surface area contributed by atoms with Gasteiger partial charge in [-0.3, -0.25) is 4.79 Å². The normalized spacial score (nSPS) is 11.6. The molecule has 142 valence electrons. The molecular formula is C19H17N5O4. The summed E-state index contributed by atoms with van der Waals surface area (Å²) < 4.78 is 6.49. The summed E-state index contributed by atoms with van der Waals surface area (Å²) in [5.41, 5.74) is 0.289. The van der Waals surface area contributed by atoms with Gasteiger partial charge in [-0.15, -0.1) is 0 Å². The van der Waals surface area contributed by atoms with Crippen LogP contribution >= 0.6 is 0 Å². The van der Waals surface area contributed by atoms with Crippen molar-refractivity contribution in [3.8, 4) is 6.07 Å². The number of rotatable bonds is 6. The molecule has 0 fully saturated rings. The number of H-pyrrole nitrogens is 1. The predicted octanol–water partition coefficient (Wildman–Crippen LogP) is 1.51. The number of ether oxygens (including phenoxy) is 1. The molecule has 0 unspecified atom stereocenters. The van der Waals surface area contributed by atoms with Crippen molar-refractivity contribution in [2.24, 2.45) is 0 Å². The monoisotopic (exact) mass is 379 g/mol. The average molecular weight is 379 g/mol. The molecule has 1 atom stereocenters. The molecule has 1 aromatic carbocycles. The van der Waals surface area contributed by atoms with Crippen LogP contribution in [0.15, 0.2) is 53.5 Å². The fourth-order valence-corrected chi connectivity index (χ4v) is 2.72. The summed E-state index contributed by atoms with van der Waals surface area (Å²) in [5.74, 6) is -1.24. The van der Waals surface area contributed by atoms with E-state index in [0.717, 1.165) is 0 Å². The number of carbonyl (C=O) groups is 2. The molecule has 1 amide bonds. The number of nitrogens with one attached hydrogen (secondary N) is 1. The van der Waals surface area contributed by atoms with Gasteiger partial charge in [-0.05, 0) is 31.2 Å². The van der Waals surface area contributed by atoms with Crippen molar-refractivity contribution in [3.05, 3.63) is 64.7 Å². The van der Waals surface area contributed by atoms with Gasteiger partial charge in [0.1, 0.15) is 5.56 Å². The number of aromatic nitrogens is 3. The first-order valence-corrected chi connectivity index (χ1v) is 8.53. The number of carbonyl (C=O) groups excluding carboxylic acids is 2. The fraction of sp³-hybridized carbons (Fsp3) is 0.211. The molecule has 3 rings (SSSR count). The molecule has 0 bridgehead atoms. The number of fused-ring (bicyclic) bond motifs is 1. The van der Waals surface area contributed by atoms with Crippen molar-refractivity contribution < 1.29 is 14.3 Å². The van der Waals surface area contributed by atoms with Crippen LogP contribution in [0.4, 0.5) is 5.69 Å². The molecule has 2 heterocycles. The highest BCUT2D eigenvalue weighted by Gasteiger charge is 2.26. The van der Waals surface area contributed by atoms with Gasteiger partial charge in [-0.25, -0.2) is 19.1 Å². The van der Waals surface area contributed by atoms with Crippen LogP contribution in [0.5, 0.6) is 0 Å². The minimum atomic E-state index is -1.10. The van der Waals surface area contributed by atoms with Gasteiger partial charge < -0.3 is 9.64 Å². The third-order valence-corrected chi connectivity index (χ3v) is 4.08. The van der Waals surface area contributed by atoms with Crippen molar-refractivity contribution in [2.45, 2.75) is 19.4 Å². The number of hydrogen-bond acceptors (Lipinski definition) is 6. The predicted molar refractivity (Wildman–Crippen MR) is 99.7 cm³/mol. The van der Waals surface area contributed by atoms with E-state index in [1.54, 1.807) is 24.3 Å². The molecule has 28 heavy (non-hydrogen) atoms. The third-order valence-electron chi connectivity index (χ3n) is 4.08. The molecule has 0 saturated heterocycles. The highest BCUT2D eigenvalue weighted by molar-refractivity contribution is 6.00. The van der Waals surface area contributed by atoms with Crippen molar-refractivity contribution in [2.75, 3.05) is 11.4 Å². The molecule has 9 heteroatoms. The van der Waals surface area contributed by atoms with Crippen molar-refractivity contribution in [3.63, 3.8) is 0 Å². The number of hydrogen-bond donors (Lipinski definition) is 1. The molecule has 0 saturated carbocycles. The van der Waals surface area contributed by atoms with E-state index in [1.807, 2.05) is 12.1 Å². The van der Waals surface area contributed by atoms with E-state index in [-0.39, 0.29) is 24.2 Å². The van der Waals surface area contributed by atoms with E-state index in [2.05, 4.69) is 10.2 Å². The first-order chi connectivity index (χ1) is 13.5. The van der Waals surface area contributed by atoms with E-state index in [0.29, 0.717) is 5.69 Å². The molecular weight excluding hydrogens is 362 g/mol. The van der Waals surface area contributed by atoms with Crippen LogP contribution in [-0.4, -0.2) is 39.1 Å². The molecule has 2 aromatic heterocycles. The highest BCUT2D eigenvalue weighted by atomic mass is 16.5. The molecule has 0 aliphatic rings. The maximum atomic E-state index is 12.8. The second-order valence-electron chi connectivity index (χ2n) is 5.93. The summed E-state index contributed by atoms with van der Waals surface area (Å²) in [6, 6.07) is 13.8. The Bertz CT molecular complexity index is 1100. The van der Waals surface area contributed by atoms with Gasteiger partial charge in [-0.1, -0.05) is 18.2 Å². The van der Waals surface area contributed by atoms with Gasteiger partial charge in [0.2, 0.25) is 0 Å². The van der Waals surface area contributed by atoms with Crippen LogP contribution in [-0.2, 0) is 9.53 Å². The van der Waals surface area contributed by atoms with E-state index in [4.69, 9.17) is 10.00 Å². The lowest BCUT2D eigenvalue weighted by molar-refractivity contribution is -0.126. The van der Waals surface area contributed by atoms with Gasteiger partial charge in [0.15, 0.2) is 11.8 Å². The average Bonchev–Trinajstić information content (AvgIpc) is 3.10. The second-order valence-corrected chi connectivity index (χ2v) is 5.93. The summed E-state index contributed by atoms with van der Waals surface area (Å²) in [5, 5.41) is 14.9. The van der Waals surface area contributed by atoms with Crippen LogP contribution in [0.2, 0.25) is 0 Å². The van der Waals surface area contributed by atoms with Crippen LogP contribution in [0.3, 0.4) is 0 Å². The second kappa shape index (κ2) is 8.18. The topological polar surface area (TPSA) is 121 Å². The molecule has 9 nitrogen and oxygen atoms in total. The first kappa shape index (κ1) is 18.8. The number of nitriles is 1. The number of nitrogens with zero attached hydrogens (tertiary/aromatic N) is 4. The Morgan fingerprint density at radius 2 is 2.04 bits per heavy atom. The Kier molecular flexibility index (Phi) is 5.50. The lowest BCUT2D eigenvalue weighted by Gasteiger charge is -2.25. The number of pyridine rings is 1. The minimum absolute atomic E-state index is 0.0591. The SMILES string of the molecule is C[C@H](OC(=O)c1cccn2c(=O)[nH]nc12)C(=O)N(CCC#N)c1ccccc1. The summed E-state index contributed by atoms with van der Waals surface area (Å²) in [7, 11) is 0. The molecule has 1 N–H and O–H groups in total. The van der Waals surface area contributed by atoms with Gasteiger partial charge in [-0.2, -0.15) is 10.4 Å². The first-order valence-electron chi connectivity index (χ1n) is 8.53. The van der Waals surface area contributed by atoms with Crippen LogP contribution in [0.1, 0.15) is 23.7 Å². The summed E-state index contributed by atoms with van der Waals surface area (Å²) >= 11 is 0. The lowest BCUT2D eigenvalue weighted by atomic mass is 10.2. The number of para-hydroxylation sites is 1. The number of esters is 1. The summed E-state index contributed by atoms with van der Waals surface area (Å²) in [6.45, 7) is 1.63. The van der Waals surface area contributed by atoms with E-state index in [1.165, 1.54) is 34.6 Å². The summed E-state index contributed by atoms with van der Waals surface area (Å²) in [6.07, 6.45) is 0.500. The zero-order valence-electron chi connectivity index (χ0n) is 15.0. The molecule has 0 radical (unpaired) electrons. The Hall–Kier alpha value is -3.93. The lowest BCUT2D eigenvalue weighted by Crippen LogP contribution is -2.40. The van der Waals surface area contributed by atoms with E-state index < -0.39 is 23.7 Å². The van der Waals surface area contributed by atoms with Gasteiger partial charge >= 0.3 is 11.7 Å². The number of anilines is 1. The Balaban J connectivity index is 1.81. The number of amides is 1. The third kappa shape index (κ3) is 3.76. The van der Waals surface area contributed by atoms with E-state index in [9.17, 15) is 14.4 Å². The molecule has 0 aliphatic heterocycles. The molecule has 0 spiro atoms. The maximum absolute atomic E-state index is 12.8. The van der Waals surface area contributed by atoms with Crippen LogP contribution in [0, 0.1) is 11.3 Å². The van der Waals surface area contributed by atoms with Crippen molar-refractivity contribution in [1.29, 1.82) is 5.26 Å². The Morgan fingerprint density at radius 1 is 1.29 bits per heavy atom. The quantitative estimate of drug-likeness (QED) is 0.648. The summed E-state index contributed by atoms with van der Waals surface area (Å²) in [4.78, 5) is 38.4. The number of aromatic amines is 1. The van der Waals surface area contributed by atoms with Crippen molar-refractivity contribution in [1.82, 2.24) is 14.6 Å². The maximum Gasteiger partial charge on any atom is 0.347 e. The van der Waals surface area contributed by atoms with Gasteiger partial charge in [0.05, 0.1) is 12.5 Å². The van der Waals surface area contributed by atoms with Crippen LogP contribution < -0.4 is 10.6 Å². The van der Waals surface area contributed by atoms with Crippen molar-refractivity contribution >= 4 is 23.2 Å². The zero-order valence-corrected chi connectivity index (χ0v) is 15.0. The minimum Gasteiger partial charge on any atom is -0.449 e. The van der Waals surface area contributed by atoms with Gasteiger partial charge in [0, 0.05) is 18.4 Å². The molecule has 0 aliphatic carbocycles. The zero-order chi connectivity index (χ0) is 20.1. The standard InChI is InChI=1S/C19H17N5O4/c1-13(17(25)23(12-6-10-20)14-7-3-2-4-8-14)28-18(26)15-9-5-11-24-16(15)21-22-19(24)27/h2-5,7-9,11,13H,6,12H2,1H3,(H,22,27)/t13-/m0/s1. The Morgan fingerprint density at radius 3 is 2.75 bits per heavy atom. The Labute approximate surface area is 159 Å².